The summed E-state index contributed by atoms with van der Waals surface area (Å²) in [6.07, 6.45) is 1.68. The number of nitrogens with zero attached hydrogens (tertiary/aromatic N) is 4. The van der Waals surface area contributed by atoms with Crippen molar-refractivity contribution in [1.82, 2.24) is 15.2 Å². The lowest BCUT2D eigenvalue weighted by Gasteiger charge is -2.22. The Hall–Kier alpha value is -2.66. The van der Waals surface area contributed by atoms with E-state index in [1.165, 1.54) is 5.56 Å². The molecule has 0 spiro atoms. The van der Waals surface area contributed by atoms with Crippen LogP contribution in [0.4, 0.5) is 17.5 Å². The summed E-state index contributed by atoms with van der Waals surface area (Å²) in [5.41, 5.74) is 3.05. The third-order valence-corrected chi connectivity index (χ3v) is 4.39. The third kappa shape index (κ3) is 4.25. The fourth-order valence-corrected chi connectivity index (χ4v) is 2.70. The molecule has 0 bridgehead atoms. The Labute approximate surface area is 152 Å². The smallest absolute Gasteiger partial charge is 0.249 e. The average Bonchev–Trinajstić information content (AvgIpc) is 2.64. The molecule has 0 fully saturated rings. The first-order chi connectivity index (χ1) is 12.2. The number of benzene rings is 2. The summed E-state index contributed by atoms with van der Waals surface area (Å²) in [5.74, 6) is 1.23. The topological polar surface area (TPSA) is 53.9 Å². The predicted molar refractivity (Wildman–Crippen MR) is 102 cm³/mol. The van der Waals surface area contributed by atoms with Gasteiger partial charge in [0, 0.05) is 23.8 Å². The third-order valence-electron chi connectivity index (χ3n) is 3.98. The van der Waals surface area contributed by atoms with E-state index < -0.39 is 0 Å². The van der Waals surface area contributed by atoms with E-state index in [-0.39, 0.29) is 0 Å². The Morgan fingerprint density at radius 1 is 1.08 bits per heavy atom. The fourth-order valence-electron chi connectivity index (χ4n) is 2.52. The molecule has 0 aliphatic carbocycles. The van der Waals surface area contributed by atoms with Gasteiger partial charge in [0.05, 0.1) is 6.20 Å². The molecule has 0 saturated heterocycles. The molecular formula is C19H20ClN5. The monoisotopic (exact) mass is 353 g/mol. The number of hydrogen-bond donors (Lipinski definition) is 1. The second kappa shape index (κ2) is 7.94. The minimum absolute atomic E-state index is 0.453. The van der Waals surface area contributed by atoms with E-state index in [0.29, 0.717) is 11.0 Å². The van der Waals surface area contributed by atoms with E-state index in [2.05, 4.69) is 44.5 Å². The Morgan fingerprint density at radius 2 is 1.88 bits per heavy atom. The van der Waals surface area contributed by atoms with Gasteiger partial charge < -0.3 is 10.2 Å². The maximum Gasteiger partial charge on any atom is 0.249 e. The van der Waals surface area contributed by atoms with Gasteiger partial charge in [-0.3, -0.25) is 0 Å². The lowest BCUT2D eigenvalue weighted by molar-refractivity contribution is 0.798. The zero-order valence-electron chi connectivity index (χ0n) is 14.3. The number of halogens is 1. The highest BCUT2D eigenvalue weighted by Gasteiger charge is 2.10. The summed E-state index contributed by atoms with van der Waals surface area (Å²) in [5, 5.41) is 12.1. The Bertz CT molecular complexity index is 838. The second-order valence-corrected chi connectivity index (χ2v) is 6.08. The molecule has 128 valence electrons. The van der Waals surface area contributed by atoms with E-state index in [1.54, 1.807) is 6.20 Å². The van der Waals surface area contributed by atoms with Crippen LogP contribution in [-0.4, -0.2) is 21.7 Å². The largest absolute Gasteiger partial charge is 0.351 e. The summed E-state index contributed by atoms with van der Waals surface area (Å²) in [4.78, 5) is 6.76. The lowest BCUT2D eigenvalue weighted by Crippen LogP contribution is -2.23. The molecule has 1 heterocycles. The van der Waals surface area contributed by atoms with Crippen molar-refractivity contribution in [2.75, 3.05) is 16.8 Å². The standard InChI is InChI=1S/C19H20ClN5/c1-3-25(13-15-8-5-4-6-9-15)18-12-21-24-19(23-18)22-17-11-7-10-16(20)14(17)2/h4-12H,3,13H2,1-2H3,(H,22,23,24). The molecule has 2 aromatic carbocycles. The van der Waals surface area contributed by atoms with E-state index in [0.717, 1.165) is 30.2 Å². The summed E-state index contributed by atoms with van der Waals surface area (Å²) in [6, 6.07) is 16.0. The highest BCUT2D eigenvalue weighted by atomic mass is 35.5. The van der Waals surface area contributed by atoms with Gasteiger partial charge in [0.25, 0.3) is 0 Å². The summed E-state index contributed by atoms with van der Waals surface area (Å²) < 4.78 is 0. The predicted octanol–water partition coefficient (Wildman–Crippen LogP) is 4.60. The summed E-state index contributed by atoms with van der Waals surface area (Å²) >= 11 is 6.17. The lowest BCUT2D eigenvalue weighted by atomic mass is 10.2. The van der Waals surface area contributed by atoms with Crippen LogP contribution in [0.2, 0.25) is 5.02 Å². The average molecular weight is 354 g/mol. The van der Waals surface area contributed by atoms with Crippen LogP contribution < -0.4 is 10.2 Å². The molecule has 0 atom stereocenters. The molecule has 6 heteroatoms. The molecule has 0 unspecified atom stereocenters. The zero-order chi connectivity index (χ0) is 17.6. The van der Waals surface area contributed by atoms with Crippen LogP contribution in [0.15, 0.2) is 54.7 Å². The van der Waals surface area contributed by atoms with Crippen LogP contribution in [0.25, 0.3) is 0 Å². The zero-order valence-corrected chi connectivity index (χ0v) is 15.0. The first-order valence-electron chi connectivity index (χ1n) is 8.18. The van der Waals surface area contributed by atoms with Crippen molar-refractivity contribution in [2.45, 2.75) is 20.4 Å². The van der Waals surface area contributed by atoms with Gasteiger partial charge >= 0.3 is 0 Å². The van der Waals surface area contributed by atoms with Gasteiger partial charge in [0.15, 0.2) is 5.82 Å². The molecule has 0 saturated carbocycles. The SMILES string of the molecule is CCN(Cc1ccccc1)c1cnnc(Nc2cccc(Cl)c2C)n1. The van der Waals surface area contributed by atoms with Crippen LogP contribution in [0, 0.1) is 6.92 Å². The first kappa shape index (κ1) is 17.2. The second-order valence-electron chi connectivity index (χ2n) is 5.68. The molecule has 1 aromatic heterocycles. The number of anilines is 3. The van der Waals surface area contributed by atoms with Crippen molar-refractivity contribution in [3.63, 3.8) is 0 Å². The van der Waals surface area contributed by atoms with Gasteiger partial charge in [-0.05, 0) is 37.1 Å². The van der Waals surface area contributed by atoms with Gasteiger partial charge in [-0.2, -0.15) is 10.1 Å². The molecule has 0 radical (unpaired) electrons. The maximum absolute atomic E-state index is 6.17. The normalized spacial score (nSPS) is 10.5. The van der Waals surface area contributed by atoms with Gasteiger partial charge in [-0.15, -0.1) is 5.10 Å². The van der Waals surface area contributed by atoms with E-state index in [9.17, 15) is 0 Å². The molecular weight excluding hydrogens is 334 g/mol. The Kier molecular flexibility index (Phi) is 5.46. The van der Waals surface area contributed by atoms with Crippen molar-refractivity contribution in [3.8, 4) is 0 Å². The highest BCUT2D eigenvalue weighted by Crippen LogP contribution is 2.25. The molecule has 25 heavy (non-hydrogen) atoms. The van der Waals surface area contributed by atoms with E-state index in [1.807, 2.05) is 43.3 Å². The number of nitrogens with one attached hydrogen (secondary N) is 1. The Balaban J connectivity index is 1.81. The van der Waals surface area contributed by atoms with Crippen molar-refractivity contribution >= 4 is 29.1 Å². The van der Waals surface area contributed by atoms with Crippen molar-refractivity contribution in [1.29, 1.82) is 0 Å². The maximum atomic E-state index is 6.17. The van der Waals surface area contributed by atoms with E-state index in [4.69, 9.17) is 11.6 Å². The fraction of sp³-hybridized carbons (Fsp3) is 0.211. The van der Waals surface area contributed by atoms with Crippen LogP contribution in [0.5, 0.6) is 0 Å². The van der Waals surface area contributed by atoms with Gasteiger partial charge in [0.2, 0.25) is 5.95 Å². The molecule has 3 aromatic rings. The Morgan fingerprint density at radius 3 is 2.64 bits per heavy atom. The van der Waals surface area contributed by atoms with E-state index >= 15 is 0 Å². The van der Waals surface area contributed by atoms with Crippen LogP contribution in [0.3, 0.4) is 0 Å². The van der Waals surface area contributed by atoms with Crippen molar-refractivity contribution in [2.24, 2.45) is 0 Å². The molecule has 0 aliphatic rings. The van der Waals surface area contributed by atoms with Gasteiger partial charge in [0.1, 0.15) is 0 Å². The van der Waals surface area contributed by atoms with Crippen LogP contribution >= 0.6 is 11.6 Å². The highest BCUT2D eigenvalue weighted by molar-refractivity contribution is 6.31. The summed E-state index contributed by atoms with van der Waals surface area (Å²) in [7, 11) is 0. The number of rotatable bonds is 6. The van der Waals surface area contributed by atoms with Gasteiger partial charge in [-0.25, -0.2) is 0 Å². The van der Waals surface area contributed by atoms with Crippen molar-refractivity contribution in [3.05, 3.63) is 70.9 Å². The molecule has 1 N–H and O–H groups in total. The molecule has 0 amide bonds. The van der Waals surface area contributed by atoms with Crippen LogP contribution in [-0.2, 0) is 6.54 Å². The van der Waals surface area contributed by atoms with Crippen LogP contribution in [0.1, 0.15) is 18.1 Å². The minimum atomic E-state index is 0.453. The molecule has 3 rings (SSSR count). The number of hydrogen-bond acceptors (Lipinski definition) is 5. The molecule has 0 aliphatic heterocycles. The number of aromatic nitrogens is 3. The minimum Gasteiger partial charge on any atom is -0.351 e. The first-order valence-corrected chi connectivity index (χ1v) is 8.56. The summed E-state index contributed by atoms with van der Waals surface area (Å²) in [6.45, 7) is 5.64. The van der Waals surface area contributed by atoms with Gasteiger partial charge in [-0.1, -0.05) is 48.0 Å². The molecule has 5 nitrogen and oxygen atoms in total. The quantitative estimate of drug-likeness (QED) is 0.701. The van der Waals surface area contributed by atoms with Crippen molar-refractivity contribution < 1.29 is 0 Å².